The zero-order chi connectivity index (χ0) is 20.4. The average Bonchev–Trinajstić information content (AvgIpc) is 3.11. The molecule has 0 aliphatic carbocycles. The molecule has 0 bridgehead atoms. The number of ether oxygens (including phenoxy) is 2. The van der Waals surface area contributed by atoms with Crippen LogP contribution in [0.5, 0.6) is 5.75 Å². The van der Waals surface area contributed by atoms with E-state index in [0.29, 0.717) is 36.6 Å². The van der Waals surface area contributed by atoms with Gasteiger partial charge in [0, 0.05) is 36.7 Å². The van der Waals surface area contributed by atoms with Gasteiger partial charge in [0.2, 0.25) is 5.90 Å². The molecule has 4 rings (SSSR count). The molecule has 7 nitrogen and oxygen atoms in total. The van der Waals surface area contributed by atoms with Crippen LogP contribution in [-0.2, 0) is 16.1 Å². The van der Waals surface area contributed by atoms with Crippen LogP contribution in [0.3, 0.4) is 0 Å². The normalized spacial score (nSPS) is 21.5. The van der Waals surface area contributed by atoms with Gasteiger partial charge in [-0.15, -0.1) is 5.10 Å². The van der Waals surface area contributed by atoms with Gasteiger partial charge in [0.1, 0.15) is 11.6 Å². The Morgan fingerprint density at radius 2 is 2.07 bits per heavy atom. The highest BCUT2D eigenvalue weighted by Crippen LogP contribution is 2.29. The molecule has 0 spiro atoms. The highest BCUT2D eigenvalue weighted by molar-refractivity contribution is 5.95. The number of hydrogen-bond acceptors (Lipinski definition) is 7. The van der Waals surface area contributed by atoms with Crippen LogP contribution in [0.1, 0.15) is 17.5 Å². The Labute approximate surface area is 168 Å². The first kappa shape index (κ1) is 19.4. The lowest BCUT2D eigenvalue weighted by atomic mass is 10.2. The summed E-state index contributed by atoms with van der Waals surface area (Å²) in [5.41, 5.74) is 1.40. The number of nitrogens with zero attached hydrogens (tertiary/aromatic N) is 4. The fourth-order valence-corrected chi connectivity index (χ4v) is 3.26. The topological polar surface area (TPSA) is 57.6 Å². The molecule has 0 amide bonds. The van der Waals surface area contributed by atoms with Crippen molar-refractivity contribution in [2.45, 2.75) is 25.4 Å². The Kier molecular flexibility index (Phi) is 5.46. The van der Waals surface area contributed by atoms with Crippen molar-refractivity contribution < 1.29 is 18.7 Å². The van der Waals surface area contributed by atoms with E-state index in [-0.39, 0.29) is 12.0 Å². The second kappa shape index (κ2) is 8.18. The SMILES string of the molecule is CN(C)Cc1ccc(OC2CCN2N2N=C(c3ccccc3)OC2C=O)cc1F. The van der Waals surface area contributed by atoms with Crippen LogP contribution in [0, 0.1) is 5.82 Å². The van der Waals surface area contributed by atoms with E-state index >= 15 is 0 Å². The number of hydrogen-bond donors (Lipinski definition) is 0. The van der Waals surface area contributed by atoms with Crippen molar-refractivity contribution >= 4 is 12.2 Å². The largest absolute Gasteiger partial charge is 0.473 e. The van der Waals surface area contributed by atoms with Gasteiger partial charge in [-0.2, -0.15) is 10.1 Å². The van der Waals surface area contributed by atoms with Gasteiger partial charge in [-0.1, -0.05) is 24.3 Å². The lowest BCUT2D eigenvalue weighted by Gasteiger charge is -2.44. The summed E-state index contributed by atoms with van der Waals surface area (Å²) in [4.78, 5) is 13.4. The Morgan fingerprint density at radius 3 is 2.69 bits per heavy atom. The van der Waals surface area contributed by atoms with E-state index in [4.69, 9.17) is 9.47 Å². The van der Waals surface area contributed by atoms with Crippen LogP contribution in [0.4, 0.5) is 4.39 Å². The smallest absolute Gasteiger partial charge is 0.260 e. The molecule has 2 unspecified atom stereocenters. The van der Waals surface area contributed by atoms with E-state index < -0.39 is 6.23 Å². The summed E-state index contributed by atoms with van der Waals surface area (Å²) in [6.45, 7) is 1.18. The summed E-state index contributed by atoms with van der Waals surface area (Å²) in [5.74, 6) is 0.518. The maximum absolute atomic E-state index is 14.3. The Hall–Kier alpha value is -2.97. The summed E-state index contributed by atoms with van der Waals surface area (Å²) in [5, 5.41) is 7.76. The molecule has 1 saturated heterocycles. The quantitative estimate of drug-likeness (QED) is 0.668. The minimum Gasteiger partial charge on any atom is -0.473 e. The van der Waals surface area contributed by atoms with E-state index in [1.165, 1.54) is 11.2 Å². The molecule has 0 saturated carbocycles. The number of aldehydes is 1. The molecular formula is C21H23FN4O3. The minimum atomic E-state index is -0.851. The molecule has 0 radical (unpaired) electrons. The maximum Gasteiger partial charge on any atom is 0.260 e. The van der Waals surface area contributed by atoms with Crippen LogP contribution in [0.15, 0.2) is 53.6 Å². The van der Waals surface area contributed by atoms with E-state index in [1.807, 2.05) is 49.3 Å². The first-order chi connectivity index (χ1) is 14.0. The van der Waals surface area contributed by atoms with Gasteiger partial charge in [-0.05, 0) is 32.3 Å². The zero-order valence-corrected chi connectivity index (χ0v) is 16.4. The minimum absolute atomic E-state index is 0.304. The second-order valence-electron chi connectivity index (χ2n) is 7.25. The molecule has 2 heterocycles. The standard InChI is InChI=1S/C21H23FN4O3/c1-24(2)13-16-8-9-17(12-18(16)22)28-19-10-11-25(19)26-20(14-27)29-21(23-26)15-6-4-3-5-7-15/h3-9,12,14,19-20H,10-11,13H2,1-2H3. The molecule has 1 fully saturated rings. The molecule has 29 heavy (non-hydrogen) atoms. The zero-order valence-electron chi connectivity index (χ0n) is 16.4. The summed E-state index contributed by atoms with van der Waals surface area (Å²) in [6, 6.07) is 14.3. The molecule has 152 valence electrons. The maximum atomic E-state index is 14.3. The first-order valence-corrected chi connectivity index (χ1v) is 9.47. The van der Waals surface area contributed by atoms with Gasteiger partial charge < -0.3 is 14.4 Å². The van der Waals surface area contributed by atoms with Crippen LogP contribution < -0.4 is 4.74 Å². The van der Waals surface area contributed by atoms with Gasteiger partial charge in [0.05, 0.1) is 0 Å². The third-order valence-corrected chi connectivity index (χ3v) is 4.77. The van der Waals surface area contributed by atoms with Crippen molar-refractivity contribution in [3.8, 4) is 5.75 Å². The van der Waals surface area contributed by atoms with Gasteiger partial charge in [-0.25, -0.2) is 4.39 Å². The van der Waals surface area contributed by atoms with E-state index in [2.05, 4.69) is 5.10 Å². The van der Waals surface area contributed by atoms with Crippen LogP contribution in [-0.4, -0.2) is 60.3 Å². The number of hydrazone groups is 1. The van der Waals surface area contributed by atoms with Crippen molar-refractivity contribution in [3.05, 3.63) is 65.5 Å². The molecule has 2 aromatic rings. The summed E-state index contributed by atoms with van der Waals surface area (Å²) >= 11 is 0. The predicted molar refractivity (Wildman–Crippen MR) is 105 cm³/mol. The molecule has 2 atom stereocenters. The number of rotatable bonds is 7. The number of benzene rings is 2. The van der Waals surface area contributed by atoms with E-state index in [1.54, 1.807) is 17.1 Å². The molecule has 2 aliphatic rings. The van der Waals surface area contributed by atoms with Crippen LogP contribution >= 0.6 is 0 Å². The second-order valence-corrected chi connectivity index (χ2v) is 7.25. The van der Waals surface area contributed by atoms with Crippen molar-refractivity contribution in [1.29, 1.82) is 0 Å². The molecule has 2 aromatic carbocycles. The number of hydrazine groups is 1. The predicted octanol–water partition coefficient (Wildman–Crippen LogP) is 2.43. The number of halogens is 1. The molecule has 2 aliphatic heterocycles. The molecular weight excluding hydrogens is 375 g/mol. The average molecular weight is 398 g/mol. The van der Waals surface area contributed by atoms with Gasteiger partial charge >= 0.3 is 0 Å². The van der Waals surface area contributed by atoms with Crippen LogP contribution in [0.2, 0.25) is 0 Å². The Bertz CT molecular complexity index is 906. The van der Waals surface area contributed by atoms with Gasteiger partial charge in [0.25, 0.3) is 6.23 Å². The third kappa shape index (κ3) is 4.08. The monoisotopic (exact) mass is 398 g/mol. The highest BCUT2D eigenvalue weighted by Gasteiger charge is 2.42. The van der Waals surface area contributed by atoms with Crippen molar-refractivity contribution in [2.24, 2.45) is 5.10 Å². The van der Waals surface area contributed by atoms with Gasteiger partial charge in [-0.3, -0.25) is 4.79 Å². The van der Waals surface area contributed by atoms with Gasteiger partial charge in [0.15, 0.2) is 12.5 Å². The van der Waals surface area contributed by atoms with Crippen molar-refractivity contribution in [1.82, 2.24) is 15.0 Å². The fourth-order valence-electron chi connectivity index (χ4n) is 3.26. The molecule has 0 N–H and O–H groups in total. The van der Waals surface area contributed by atoms with E-state index in [9.17, 15) is 9.18 Å². The summed E-state index contributed by atoms with van der Waals surface area (Å²) < 4.78 is 25.9. The van der Waals surface area contributed by atoms with Crippen molar-refractivity contribution in [3.63, 3.8) is 0 Å². The third-order valence-electron chi connectivity index (χ3n) is 4.77. The molecule has 8 heteroatoms. The molecule has 0 aromatic heterocycles. The highest BCUT2D eigenvalue weighted by atomic mass is 19.1. The summed E-state index contributed by atoms with van der Waals surface area (Å²) in [7, 11) is 3.78. The lowest BCUT2D eigenvalue weighted by Crippen LogP contribution is -2.60. The van der Waals surface area contributed by atoms with E-state index in [0.717, 1.165) is 12.0 Å². The first-order valence-electron chi connectivity index (χ1n) is 9.47. The fraction of sp³-hybridized carbons (Fsp3) is 0.333. The lowest BCUT2D eigenvalue weighted by molar-refractivity contribution is -0.218. The van der Waals surface area contributed by atoms with Crippen molar-refractivity contribution in [2.75, 3.05) is 20.6 Å². The number of carbonyl (C=O) groups excluding carboxylic acids is 1. The number of carbonyl (C=O) groups is 1. The Morgan fingerprint density at radius 1 is 1.28 bits per heavy atom. The van der Waals surface area contributed by atoms with Crippen LogP contribution in [0.25, 0.3) is 0 Å². The summed E-state index contributed by atoms with van der Waals surface area (Å²) in [6.07, 6.45) is 0.235. The Balaban J connectivity index is 1.47.